The fraction of sp³-hybridized carbons (Fsp3) is 0.267. The first-order valence-corrected chi connectivity index (χ1v) is 12.0. The summed E-state index contributed by atoms with van der Waals surface area (Å²) >= 11 is 0. The van der Waals surface area contributed by atoms with Crippen molar-refractivity contribution in [1.29, 1.82) is 0 Å². The highest BCUT2D eigenvalue weighted by Gasteiger charge is 2.20. The number of benzene rings is 4. The summed E-state index contributed by atoms with van der Waals surface area (Å²) in [6, 6.07) is 23.6. The summed E-state index contributed by atoms with van der Waals surface area (Å²) in [7, 11) is 0. The molecule has 0 N–H and O–H groups in total. The summed E-state index contributed by atoms with van der Waals surface area (Å²) in [5, 5.41) is 7.12. The van der Waals surface area contributed by atoms with Gasteiger partial charge >= 0.3 is 0 Å². The third kappa shape index (κ3) is 3.09. The molecule has 160 valence electrons. The van der Waals surface area contributed by atoms with Gasteiger partial charge < -0.3 is 8.83 Å². The Morgan fingerprint density at radius 1 is 0.562 bits per heavy atom. The molecule has 0 fully saturated rings. The highest BCUT2D eigenvalue weighted by molar-refractivity contribution is 6.33. The summed E-state index contributed by atoms with van der Waals surface area (Å²) in [6.07, 6.45) is 9.06. The van der Waals surface area contributed by atoms with Gasteiger partial charge in [0.2, 0.25) is 0 Å². The number of hydrogen-bond acceptors (Lipinski definition) is 2. The second-order valence-corrected chi connectivity index (χ2v) is 9.00. The molecule has 0 amide bonds. The van der Waals surface area contributed by atoms with Crippen molar-refractivity contribution >= 4 is 54.6 Å². The van der Waals surface area contributed by atoms with Crippen LogP contribution in [0.15, 0.2) is 75.6 Å². The molecule has 0 atom stereocenters. The second kappa shape index (κ2) is 8.02. The maximum Gasteiger partial charge on any atom is 0.179 e. The Morgan fingerprint density at radius 3 is 1.91 bits per heavy atom. The predicted molar refractivity (Wildman–Crippen MR) is 136 cm³/mol. The number of furan rings is 2. The standard InChI is InChI=1S/C30H28O2/c1-2-3-4-5-6-7-12-20-17-18-26-24(19-20)28-22-14-9-8-13-21(22)27-23-15-10-11-16-25(23)31-29(27)30(28)32-26/h8-11,13-19H,2-7,12H2,1H3. The maximum absolute atomic E-state index is 6.43. The fourth-order valence-corrected chi connectivity index (χ4v) is 5.23. The Balaban J connectivity index is 1.51. The molecule has 4 aromatic carbocycles. The number of para-hydroxylation sites is 1. The molecule has 0 aliphatic rings. The van der Waals surface area contributed by atoms with Crippen LogP contribution in [-0.4, -0.2) is 0 Å². The van der Waals surface area contributed by atoms with E-state index in [-0.39, 0.29) is 0 Å². The molecule has 0 unspecified atom stereocenters. The van der Waals surface area contributed by atoms with Crippen molar-refractivity contribution in [2.45, 2.75) is 51.9 Å². The van der Waals surface area contributed by atoms with Crippen LogP contribution in [0.25, 0.3) is 54.6 Å². The highest BCUT2D eigenvalue weighted by atomic mass is 16.4. The Hall–Kier alpha value is -3.26. The third-order valence-corrected chi connectivity index (χ3v) is 6.84. The van der Waals surface area contributed by atoms with Crippen LogP contribution in [0.3, 0.4) is 0 Å². The highest BCUT2D eigenvalue weighted by Crippen LogP contribution is 2.44. The Kier molecular flexibility index (Phi) is 4.87. The molecule has 2 nitrogen and oxygen atoms in total. The van der Waals surface area contributed by atoms with Gasteiger partial charge in [-0.25, -0.2) is 0 Å². The lowest BCUT2D eigenvalue weighted by atomic mass is 9.97. The lowest BCUT2D eigenvalue weighted by molar-refractivity contribution is 0.607. The molecule has 0 saturated heterocycles. The minimum Gasteiger partial charge on any atom is -0.452 e. The molecular formula is C30H28O2. The average Bonchev–Trinajstić information content (AvgIpc) is 3.40. The molecule has 32 heavy (non-hydrogen) atoms. The Labute approximate surface area is 187 Å². The molecule has 0 spiro atoms. The number of unbranched alkanes of at least 4 members (excludes halogenated alkanes) is 5. The lowest BCUT2D eigenvalue weighted by Gasteiger charge is -2.04. The van der Waals surface area contributed by atoms with E-state index in [4.69, 9.17) is 8.83 Å². The first-order valence-electron chi connectivity index (χ1n) is 12.0. The number of rotatable bonds is 7. The van der Waals surface area contributed by atoms with Crippen molar-refractivity contribution in [3.05, 3.63) is 72.3 Å². The van der Waals surface area contributed by atoms with E-state index in [9.17, 15) is 0 Å². The number of fused-ring (bicyclic) bond motifs is 10. The van der Waals surface area contributed by atoms with E-state index in [0.717, 1.165) is 39.5 Å². The van der Waals surface area contributed by atoms with Gasteiger partial charge in [-0.1, -0.05) is 87.6 Å². The Bertz CT molecular complexity index is 1560. The SMILES string of the molecule is CCCCCCCCc1ccc2oc3c4oc5ccccc5c4c4ccccc4c3c2c1. The molecule has 0 aliphatic carbocycles. The average molecular weight is 421 g/mol. The van der Waals surface area contributed by atoms with Crippen LogP contribution in [0.5, 0.6) is 0 Å². The zero-order valence-electron chi connectivity index (χ0n) is 18.6. The molecule has 0 radical (unpaired) electrons. The maximum atomic E-state index is 6.43. The molecular weight excluding hydrogens is 392 g/mol. The largest absolute Gasteiger partial charge is 0.452 e. The van der Waals surface area contributed by atoms with Gasteiger partial charge in [0.05, 0.1) is 0 Å². The smallest absolute Gasteiger partial charge is 0.179 e. The predicted octanol–water partition coefficient (Wildman–Crippen LogP) is 9.54. The van der Waals surface area contributed by atoms with Crippen molar-refractivity contribution in [2.24, 2.45) is 0 Å². The second-order valence-electron chi connectivity index (χ2n) is 9.00. The van der Waals surface area contributed by atoms with E-state index in [1.807, 2.05) is 12.1 Å². The zero-order valence-corrected chi connectivity index (χ0v) is 18.6. The molecule has 2 aromatic heterocycles. The summed E-state index contributed by atoms with van der Waals surface area (Å²) < 4.78 is 12.8. The summed E-state index contributed by atoms with van der Waals surface area (Å²) in [4.78, 5) is 0. The van der Waals surface area contributed by atoms with Gasteiger partial charge in [-0.3, -0.25) is 0 Å². The molecule has 0 aliphatic heterocycles. The number of hydrogen-bond donors (Lipinski definition) is 0. The van der Waals surface area contributed by atoms with E-state index < -0.39 is 0 Å². The van der Waals surface area contributed by atoms with Gasteiger partial charge in [0, 0.05) is 21.5 Å². The van der Waals surface area contributed by atoms with Crippen LogP contribution >= 0.6 is 0 Å². The first-order chi connectivity index (χ1) is 15.8. The van der Waals surface area contributed by atoms with E-state index in [2.05, 4.69) is 61.5 Å². The molecule has 2 heteroatoms. The van der Waals surface area contributed by atoms with Crippen LogP contribution in [0.1, 0.15) is 51.0 Å². The van der Waals surface area contributed by atoms with Crippen molar-refractivity contribution in [2.75, 3.05) is 0 Å². The van der Waals surface area contributed by atoms with Gasteiger partial charge in [-0.2, -0.15) is 0 Å². The lowest BCUT2D eigenvalue weighted by Crippen LogP contribution is -1.86. The van der Waals surface area contributed by atoms with E-state index in [0.29, 0.717) is 0 Å². The van der Waals surface area contributed by atoms with Crippen molar-refractivity contribution in [3.8, 4) is 0 Å². The van der Waals surface area contributed by atoms with Gasteiger partial charge in [-0.05, 0) is 47.4 Å². The van der Waals surface area contributed by atoms with Crippen molar-refractivity contribution in [3.63, 3.8) is 0 Å². The van der Waals surface area contributed by atoms with Crippen LogP contribution in [0, 0.1) is 0 Å². The summed E-state index contributed by atoms with van der Waals surface area (Å²) in [5.74, 6) is 0. The van der Waals surface area contributed by atoms with E-state index in [1.165, 1.54) is 65.6 Å². The fourth-order valence-electron chi connectivity index (χ4n) is 5.23. The Morgan fingerprint density at radius 2 is 1.16 bits per heavy atom. The topological polar surface area (TPSA) is 26.3 Å². The van der Waals surface area contributed by atoms with Crippen molar-refractivity contribution < 1.29 is 8.83 Å². The monoisotopic (exact) mass is 420 g/mol. The van der Waals surface area contributed by atoms with Crippen molar-refractivity contribution in [1.82, 2.24) is 0 Å². The molecule has 6 rings (SSSR count). The zero-order chi connectivity index (χ0) is 21.5. The van der Waals surface area contributed by atoms with Crippen LogP contribution < -0.4 is 0 Å². The molecule has 0 saturated carbocycles. The normalized spacial score (nSPS) is 12.2. The minimum atomic E-state index is 0.855. The van der Waals surface area contributed by atoms with E-state index >= 15 is 0 Å². The summed E-state index contributed by atoms with van der Waals surface area (Å²) in [5.41, 5.74) is 4.95. The minimum absolute atomic E-state index is 0.855. The van der Waals surface area contributed by atoms with Gasteiger partial charge in [-0.15, -0.1) is 0 Å². The van der Waals surface area contributed by atoms with E-state index in [1.54, 1.807) is 0 Å². The first kappa shape index (κ1) is 19.4. The molecule has 2 heterocycles. The van der Waals surface area contributed by atoms with Crippen LogP contribution in [0.2, 0.25) is 0 Å². The number of aryl methyl sites for hydroxylation is 1. The quantitative estimate of drug-likeness (QED) is 0.240. The summed E-state index contributed by atoms with van der Waals surface area (Å²) in [6.45, 7) is 2.27. The molecule has 0 bridgehead atoms. The van der Waals surface area contributed by atoms with Gasteiger partial charge in [0.25, 0.3) is 0 Å². The van der Waals surface area contributed by atoms with Crippen LogP contribution in [-0.2, 0) is 6.42 Å². The third-order valence-electron chi connectivity index (χ3n) is 6.84. The van der Waals surface area contributed by atoms with Gasteiger partial charge in [0.15, 0.2) is 11.2 Å². The van der Waals surface area contributed by atoms with Crippen LogP contribution in [0.4, 0.5) is 0 Å². The van der Waals surface area contributed by atoms with Gasteiger partial charge in [0.1, 0.15) is 11.2 Å². The molecule has 6 aromatic rings.